The predicted octanol–water partition coefficient (Wildman–Crippen LogP) is 4.38. The number of hydrogen-bond donors (Lipinski definition) is 1. The minimum atomic E-state index is -0.778. The number of anilines is 2. The molecule has 170 valence electrons. The molecule has 2 amide bonds. The van der Waals surface area contributed by atoms with E-state index in [1.54, 1.807) is 27.0 Å². The van der Waals surface area contributed by atoms with Crippen LogP contribution in [0.5, 0.6) is 0 Å². The van der Waals surface area contributed by atoms with Crippen LogP contribution in [0.1, 0.15) is 24.0 Å². The molecule has 0 saturated heterocycles. The lowest BCUT2D eigenvalue weighted by Crippen LogP contribution is -2.40. The molecule has 6 nitrogen and oxygen atoms in total. The van der Waals surface area contributed by atoms with E-state index >= 15 is 0 Å². The van der Waals surface area contributed by atoms with Gasteiger partial charge in [-0.15, -0.1) is 0 Å². The Morgan fingerprint density at radius 1 is 1.12 bits per heavy atom. The van der Waals surface area contributed by atoms with Crippen LogP contribution in [0.15, 0.2) is 47.3 Å². The van der Waals surface area contributed by atoms with Crippen LogP contribution in [0.25, 0.3) is 11.3 Å². The quantitative estimate of drug-likeness (QED) is 0.616. The van der Waals surface area contributed by atoms with Gasteiger partial charge in [0.2, 0.25) is 11.8 Å². The zero-order valence-corrected chi connectivity index (χ0v) is 18.8. The Morgan fingerprint density at radius 3 is 2.55 bits per heavy atom. The van der Waals surface area contributed by atoms with E-state index in [9.17, 15) is 23.2 Å². The van der Waals surface area contributed by atoms with E-state index in [2.05, 4.69) is 5.32 Å². The normalized spacial score (nSPS) is 15.0. The molecule has 0 spiro atoms. The summed E-state index contributed by atoms with van der Waals surface area (Å²) in [7, 11) is 1.57. The molecule has 1 atom stereocenters. The number of nitrogens with zero attached hydrogens (tertiary/aromatic N) is 2. The van der Waals surface area contributed by atoms with Crippen molar-refractivity contribution in [1.29, 1.82) is 0 Å². The number of hydrogen-bond acceptors (Lipinski definition) is 3. The molecule has 1 N–H and O–H groups in total. The van der Waals surface area contributed by atoms with Crippen LogP contribution < -0.4 is 15.8 Å². The number of benzene rings is 2. The Morgan fingerprint density at radius 2 is 1.85 bits per heavy atom. The number of carbonyl (C=O) groups is 2. The highest BCUT2D eigenvalue weighted by Crippen LogP contribution is 2.40. The highest BCUT2D eigenvalue weighted by Gasteiger charge is 2.34. The topological polar surface area (TPSA) is 71.4 Å². The van der Waals surface area contributed by atoms with E-state index < -0.39 is 35.9 Å². The molecule has 33 heavy (non-hydrogen) atoms. The number of nitrogens with one attached hydrogen (secondary N) is 1. The Bertz CT molecular complexity index is 1370. The molecular weight excluding hydrogens is 452 g/mol. The largest absolute Gasteiger partial charge is 0.324 e. The van der Waals surface area contributed by atoms with Gasteiger partial charge in [0.25, 0.3) is 5.56 Å². The summed E-state index contributed by atoms with van der Waals surface area (Å²) in [5.41, 5.74) is 2.01. The number of amides is 2. The Hall–Kier alpha value is -3.52. The molecule has 0 bridgehead atoms. The number of rotatable bonds is 3. The summed E-state index contributed by atoms with van der Waals surface area (Å²) < 4.78 is 29.2. The van der Waals surface area contributed by atoms with Gasteiger partial charge in [-0.1, -0.05) is 11.6 Å². The van der Waals surface area contributed by atoms with Crippen molar-refractivity contribution in [1.82, 2.24) is 4.57 Å². The molecule has 2 aromatic carbocycles. The molecule has 0 radical (unpaired) electrons. The van der Waals surface area contributed by atoms with Gasteiger partial charge in [0.1, 0.15) is 18.2 Å². The molecule has 1 aliphatic heterocycles. The van der Waals surface area contributed by atoms with Gasteiger partial charge in [-0.05, 0) is 61.9 Å². The maximum absolute atomic E-state index is 14.1. The van der Waals surface area contributed by atoms with E-state index in [-0.39, 0.29) is 16.3 Å². The third-order valence-corrected chi connectivity index (χ3v) is 6.05. The fourth-order valence-corrected chi connectivity index (χ4v) is 4.19. The van der Waals surface area contributed by atoms with E-state index in [1.807, 2.05) is 0 Å². The van der Waals surface area contributed by atoms with Crippen molar-refractivity contribution in [3.05, 3.63) is 80.6 Å². The van der Waals surface area contributed by atoms with Gasteiger partial charge >= 0.3 is 0 Å². The lowest BCUT2D eigenvalue weighted by molar-refractivity contribution is -0.122. The molecule has 1 aliphatic rings. The second-order valence-corrected chi connectivity index (χ2v) is 8.39. The van der Waals surface area contributed by atoms with Gasteiger partial charge in [-0.3, -0.25) is 14.4 Å². The Kier molecular flexibility index (Phi) is 5.80. The third-order valence-electron chi connectivity index (χ3n) is 5.74. The second-order valence-electron chi connectivity index (χ2n) is 7.98. The molecule has 2 heterocycles. The van der Waals surface area contributed by atoms with Gasteiger partial charge in [-0.2, -0.15) is 0 Å². The molecule has 1 unspecified atom stereocenters. The maximum atomic E-state index is 14.1. The molecule has 4 rings (SSSR count). The van der Waals surface area contributed by atoms with Gasteiger partial charge in [0.05, 0.1) is 22.3 Å². The minimum Gasteiger partial charge on any atom is -0.324 e. The van der Waals surface area contributed by atoms with Gasteiger partial charge in [0, 0.05) is 23.9 Å². The summed E-state index contributed by atoms with van der Waals surface area (Å²) >= 11 is 5.68. The molecule has 1 aromatic heterocycles. The van der Waals surface area contributed by atoms with E-state index in [0.717, 1.165) is 6.07 Å². The van der Waals surface area contributed by atoms with Gasteiger partial charge in [-0.25, -0.2) is 8.78 Å². The van der Waals surface area contributed by atoms with Crippen LogP contribution in [0.4, 0.5) is 20.2 Å². The zero-order valence-electron chi connectivity index (χ0n) is 18.1. The first-order chi connectivity index (χ1) is 15.6. The van der Waals surface area contributed by atoms with Crippen LogP contribution in [-0.2, 0) is 16.6 Å². The highest BCUT2D eigenvalue weighted by molar-refractivity contribution is 6.30. The first-order valence-electron chi connectivity index (χ1n) is 10.1. The molecule has 9 heteroatoms. The highest BCUT2D eigenvalue weighted by atomic mass is 35.5. The van der Waals surface area contributed by atoms with Gasteiger partial charge < -0.3 is 14.8 Å². The number of pyridine rings is 1. The number of carbonyl (C=O) groups excluding carboxylic acids is 2. The summed E-state index contributed by atoms with van der Waals surface area (Å²) in [6.45, 7) is 2.84. The van der Waals surface area contributed by atoms with Crippen molar-refractivity contribution in [3.63, 3.8) is 0 Å². The fraction of sp³-hybridized carbons (Fsp3) is 0.208. The summed E-state index contributed by atoms with van der Waals surface area (Å²) in [5, 5.41) is 2.47. The zero-order chi connectivity index (χ0) is 24.0. The average Bonchev–Trinajstić information content (AvgIpc) is 2.84. The maximum Gasteiger partial charge on any atom is 0.253 e. The van der Waals surface area contributed by atoms with Crippen molar-refractivity contribution < 1.29 is 18.4 Å². The number of halogens is 3. The van der Waals surface area contributed by atoms with Crippen molar-refractivity contribution >= 4 is 34.8 Å². The standard InChI is InChI=1S/C24H20ClF2N3O3/c1-12-8-20-22(29(3)23(12)32)16-6-4-14(26)9-17(16)13(2)24(33)30(20)11-21(31)28-15-5-7-18(25)19(27)10-15/h4-10,13H,11H2,1-3H3,(H,28,31). The average molecular weight is 472 g/mol. The molecule has 0 saturated carbocycles. The van der Waals surface area contributed by atoms with Crippen LogP contribution >= 0.6 is 11.6 Å². The fourth-order valence-electron chi connectivity index (χ4n) is 4.07. The summed E-state index contributed by atoms with van der Waals surface area (Å²) in [5.74, 6) is -2.99. The number of aryl methyl sites for hydroxylation is 1. The third kappa shape index (κ3) is 4.02. The van der Waals surface area contributed by atoms with Gasteiger partial charge in [0.15, 0.2) is 0 Å². The monoisotopic (exact) mass is 471 g/mol. The molecule has 3 aromatic rings. The second kappa shape index (κ2) is 8.44. The van der Waals surface area contributed by atoms with Crippen LogP contribution in [0.3, 0.4) is 0 Å². The molecular formula is C24H20ClF2N3O3. The lowest BCUT2D eigenvalue weighted by atomic mass is 9.94. The van der Waals surface area contributed by atoms with E-state index in [1.165, 1.54) is 39.8 Å². The smallest absolute Gasteiger partial charge is 0.253 e. The van der Waals surface area contributed by atoms with Crippen molar-refractivity contribution in [2.24, 2.45) is 7.05 Å². The van der Waals surface area contributed by atoms with E-state index in [4.69, 9.17) is 11.6 Å². The molecule has 0 aliphatic carbocycles. The lowest BCUT2D eigenvalue weighted by Gasteiger charge is -2.25. The Labute approximate surface area is 193 Å². The first-order valence-corrected chi connectivity index (χ1v) is 10.5. The summed E-state index contributed by atoms with van der Waals surface area (Å²) in [6, 6.07) is 9.45. The van der Waals surface area contributed by atoms with Crippen LogP contribution in [-0.4, -0.2) is 22.9 Å². The number of aromatic nitrogens is 1. The SMILES string of the molecule is Cc1cc2c(n(C)c1=O)-c1ccc(F)cc1C(C)C(=O)N2CC(=O)Nc1ccc(Cl)c(F)c1. The van der Waals surface area contributed by atoms with Crippen LogP contribution in [0.2, 0.25) is 5.02 Å². The summed E-state index contributed by atoms with van der Waals surface area (Å²) in [4.78, 5) is 40.2. The van der Waals surface area contributed by atoms with E-state index in [0.29, 0.717) is 28.1 Å². The first kappa shape index (κ1) is 22.7. The van der Waals surface area contributed by atoms with Crippen LogP contribution in [0, 0.1) is 18.6 Å². The minimum absolute atomic E-state index is 0.0835. The summed E-state index contributed by atoms with van der Waals surface area (Å²) in [6.07, 6.45) is 0. The predicted molar refractivity (Wildman–Crippen MR) is 123 cm³/mol. The van der Waals surface area contributed by atoms with Crippen molar-refractivity contribution in [3.8, 4) is 11.3 Å². The number of fused-ring (bicyclic) bond motifs is 3. The van der Waals surface area contributed by atoms with Crippen molar-refractivity contribution in [2.45, 2.75) is 19.8 Å². The molecule has 0 fully saturated rings. The Balaban J connectivity index is 1.81. The van der Waals surface area contributed by atoms with Crippen molar-refractivity contribution in [2.75, 3.05) is 16.8 Å².